The van der Waals surface area contributed by atoms with Crippen LogP contribution in [0.5, 0.6) is 0 Å². The fraction of sp³-hybridized carbons (Fsp3) is 0.400. The molecule has 0 heterocycles. The summed E-state index contributed by atoms with van der Waals surface area (Å²) in [5, 5.41) is 2.92. The molecule has 1 fully saturated rings. The minimum Gasteiger partial charge on any atom is -0.445 e. The highest BCUT2D eigenvalue weighted by molar-refractivity contribution is 5.67. The summed E-state index contributed by atoms with van der Waals surface area (Å²) in [6.07, 6.45) is 4.71. The Morgan fingerprint density at radius 1 is 1.44 bits per heavy atom. The van der Waals surface area contributed by atoms with E-state index in [-0.39, 0.29) is 12.1 Å². The second-order valence-electron chi connectivity index (χ2n) is 4.67. The molecule has 0 aromatic heterocycles. The number of amides is 1. The first-order valence-electron chi connectivity index (χ1n) is 6.37. The number of nitrogens with one attached hydrogen (secondary N) is 1. The molecule has 1 amide bonds. The quantitative estimate of drug-likeness (QED) is 0.781. The molecule has 18 heavy (non-hydrogen) atoms. The third kappa shape index (κ3) is 3.91. The second-order valence-corrected chi connectivity index (χ2v) is 4.67. The van der Waals surface area contributed by atoms with E-state index in [2.05, 4.69) is 11.9 Å². The topological polar surface area (TPSA) is 38.3 Å². The normalized spacial score (nSPS) is 15.8. The van der Waals surface area contributed by atoms with Crippen LogP contribution >= 0.6 is 0 Å². The van der Waals surface area contributed by atoms with Crippen molar-refractivity contribution in [3.05, 3.63) is 48.6 Å². The standard InChI is InChI=1S/C15H19NO2/c1-2-6-14(13-9-10-13)16-15(17)18-11-12-7-4-3-5-8-12/h2-5,7-8,13-14H,1,6,9-11H2,(H,16,17). The number of alkyl carbamates (subject to hydrolysis) is 1. The Kier molecular flexibility index (Phi) is 4.40. The van der Waals surface area contributed by atoms with E-state index in [9.17, 15) is 4.79 Å². The highest BCUT2D eigenvalue weighted by Crippen LogP contribution is 2.34. The Balaban J connectivity index is 1.75. The number of benzene rings is 1. The molecule has 1 saturated carbocycles. The first kappa shape index (κ1) is 12.7. The van der Waals surface area contributed by atoms with Crippen molar-refractivity contribution in [2.75, 3.05) is 0 Å². The highest BCUT2D eigenvalue weighted by Gasteiger charge is 2.31. The molecule has 1 aromatic rings. The zero-order chi connectivity index (χ0) is 12.8. The van der Waals surface area contributed by atoms with Crippen LogP contribution in [0, 0.1) is 5.92 Å². The van der Waals surface area contributed by atoms with Gasteiger partial charge in [0.1, 0.15) is 6.61 Å². The average Bonchev–Trinajstić information content (AvgIpc) is 3.21. The SMILES string of the molecule is C=CCC(NC(=O)OCc1ccccc1)C1CC1. The van der Waals surface area contributed by atoms with Gasteiger partial charge in [0, 0.05) is 6.04 Å². The van der Waals surface area contributed by atoms with Crippen molar-refractivity contribution in [2.24, 2.45) is 5.92 Å². The third-order valence-electron chi connectivity index (χ3n) is 3.13. The third-order valence-corrected chi connectivity index (χ3v) is 3.13. The summed E-state index contributed by atoms with van der Waals surface area (Å²) in [6, 6.07) is 9.87. The summed E-state index contributed by atoms with van der Waals surface area (Å²) in [5.41, 5.74) is 0.999. The smallest absolute Gasteiger partial charge is 0.407 e. The lowest BCUT2D eigenvalue weighted by Crippen LogP contribution is -2.36. The van der Waals surface area contributed by atoms with E-state index >= 15 is 0 Å². The van der Waals surface area contributed by atoms with Crippen molar-refractivity contribution in [3.63, 3.8) is 0 Å². The van der Waals surface area contributed by atoms with Crippen LogP contribution in [-0.4, -0.2) is 12.1 Å². The largest absolute Gasteiger partial charge is 0.445 e. The molecule has 0 aliphatic heterocycles. The van der Waals surface area contributed by atoms with E-state index in [1.165, 1.54) is 12.8 Å². The van der Waals surface area contributed by atoms with Gasteiger partial charge in [-0.15, -0.1) is 6.58 Å². The van der Waals surface area contributed by atoms with Gasteiger partial charge < -0.3 is 10.1 Å². The number of hydrogen-bond acceptors (Lipinski definition) is 2. The lowest BCUT2D eigenvalue weighted by molar-refractivity contribution is 0.134. The predicted molar refractivity (Wildman–Crippen MR) is 71.1 cm³/mol. The van der Waals surface area contributed by atoms with Crippen molar-refractivity contribution in [1.82, 2.24) is 5.32 Å². The molecule has 0 bridgehead atoms. The number of carbonyl (C=O) groups is 1. The Hall–Kier alpha value is -1.77. The van der Waals surface area contributed by atoms with Gasteiger partial charge in [0.25, 0.3) is 0 Å². The number of hydrogen-bond donors (Lipinski definition) is 1. The highest BCUT2D eigenvalue weighted by atomic mass is 16.5. The van der Waals surface area contributed by atoms with Crippen LogP contribution < -0.4 is 5.32 Å². The van der Waals surface area contributed by atoms with E-state index in [0.717, 1.165) is 12.0 Å². The molecule has 1 atom stereocenters. The van der Waals surface area contributed by atoms with Crippen molar-refractivity contribution in [1.29, 1.82) is 0 Å². The summed E-state index contributed by atoms with van der Waals surface area (Å²) in [7, 11) is 0. The Morgan fingerprint density at radius 3 is 2.78 bits per heavy atom. The van der Waals surface area contributed by atoms with Crippen LogP contribution in [0.3, 0.4) is 0 Å². The zero-order valence-corrected chi connectivity index (χ0v) is 10.5. The van der Waals surface area contributed by atoms with Crippen LogP contribution in [0.2, 0.25) is 0 Å². The van der Waals surface area contributed by atoms with Crippen molar-refractivity contribution in [2.45, 2.75) is 31.9 Å². The second kappa shape index (κ2) is 6.24. The first-order valence-corrected chi connectivity index (χ1v) is 6.37. The molecule has 0 radical (unpaired) electrons. The number of ether oxygens (including phenoxy) is 1. The summed E-state index contributed by atoms with van der Waals surface area (Å²) in [6.45, 7) is 4.04. The maximum atomic E-state index is 11.7. The molecule has 1 aromatic carbocycles. The maximum absolute atomic E-state index is 11.7. The molecule has 1 aliphatic carbocycles. The van der Waals surface area contributed by atoms with E-state index in [1.807, 2.05) is 36.4 Å². The summed E-state index contributed by atoms with van der Waals surface area (Å²) in [5.74, 6) is 0.604. The Morgan fingerprint density at radius 2 is 2.17 bits per heavy atom. The molecular formula is C15H19NO2. The summed E-state index contributed by atoms with van der Waals surface area (Å²) in [4.78, 5) is 11.7. The number of carbonyl (C=O) groups excluding carboxylic acids is 1. The van der Waals surface area contributed by atoms with Crippen molar-refractivity contribution in [3.8, 4) is 0 Å². The predicted octanol–water partition coefficient (Wildman–Crippen LogP) is 3.27. The van der Waals surface area contributed by atoms with Gasteiger partial charge in [-0.2, -0.15) is 0 Å². The summed E-state index contributed by atoms with van der Waals surface area (Å²) < 4.78 is 5.20. The minimum atomic E-state index is -0.336. The zero-order valence-electron chi connectivity index (χ0n) is 10.5. The molecule has 1 aliphatic rings. The monoisotopic (exact) mass is 245 g/mol. The Labute approximate surface area is 108 Å². The molecule has 2 rings (SSSR count). The Bertz CT molecular complexity index is 398. The van der Waals surface area contributed by atoms with Crippen LogP contribution in [0.4, 0.5) is 4.79 Å². The first-order chi connectivity index (χ1) is 8.79. The van der Waals surface area contributed by atoms with Gasteiger partial charge in [-0.1, -0.05) is 36.4 Å². The number of rotatable bonds is 6. The van der Waals surface area contributed by atoms with Gasteiger partial charge in [0.05, 0.1) is 0 Å². The van der Waals surface area contributed by atoms with Crippen LogP contribution in [0.15, 0.2) is 43.0 Å². The van der Waals surface area contributed by atoms with E-state index in [0.29, 0.717) is 12.5 Å². The fourth-order valence-electron chi connectivity index (χ4n) is 1.96. The van der Waals surface area contributed by atoms with Crippen molar-refractivity contribution >= 4 is 6.09 Å². The molecule has 3 nitrogen and oxygen atoms in total. The van der Waals surface area contributed by atoms with Crippen LogP contribution in [0.1, 0.15) is 24.8 Å². The average molecular weight is 245 g/mol. The van der Waals surface area contributed by atoms with Gasteiger partial charge in [-0.3, -0.25) is 0 Å². The lowest BCUT2D eigenvalue weighted by Gasteiger charge is -2.16. The maximum Gasteiger partial charge on any atom is 0.407 e. The van der Waals surface area contributed by atoms with Gasteiger partial charge in [-0.25, -0.2) is 4.79 Å². The van der Waals surface area contributed by atoms with Gasteiger partial charge in [0.15, 0.2) is 0 Å². The lowest BCUT2D eigenvalue weighted by atomic mass is 10.1. The molecule has 96 valence electrons. The van der Waals surface area contributed by atoms with Gasteiger partial charge in [0.2, 0.25) is 0 Å². The van der Waals surface area contributed by atoms with Crippen LogP contribution in [0.25, 0.3) is 0 Å². The molecule has 1 N–H and O–H groups in total. The molecular weight excluding hydrogens is 226 g/mol. The minimum absolute atomic E-state index is 0.186. The summed E-state index contributed by atoms with van der Waals surface area (Å²) >= 11 is 0. The van der Waals surface area contributed by atoms with Gasteiger partial charge >= 0.3 is 6.09 Å². The van der Waals surface area contributed by atoms with Crippen LogP contribution in [-0.2, 0) is 11.3 Å². The van der Waals surface area contributed by atoms with E-state index < -0.39 is 0 Å². The molecule has 0 saturated heterocycles. The van der Waals surface area contributed by atoms with Gasteiger partial charge in [-0.05, 0) is 30.7 Å². The van der Waals surface area contributed by atoms with E-state index in [4.69, 9.17) is 4.74 Å². The fourth-order valence-corrected chi connectivity index (χ4v) is 1.96. The molecule has 0 spiro atoms. The molecule has 1 unspecified atom stereocenters. The van der Waals surface area contributed by atoms with E-state index in [1.54, 1.807) is 0 Å². The van der Waals surface area contributed by atoms with Crippen molar-refractivity contribution < 1.29 is 9.53 Å². The molecule has 3 heteroatoms.